The van der Waals surface area contributed by atoms with Gasteiger partial charge in [0.1, 0.15) is 0 Å². The number of carbonyl (C=O) groups is 1. The fraction of sp³-hybridized carbons (Fsp3) is 0.562. The fourth-order valence-electron chi connectivity index (χ4n) is 2.46. The summed E-state index contributed by atoms with van der Waals surface area (Å²) in [6.07, 6.45) is 4.97. The van der Waals surface area contributed by atoms with E-state index in [2.05, 4.69) is 5.32 Å². The van der Waals surface area contributed by atoms with Gasteiger partial charge in [0.15, 0.2) is 11.5 Å². The number of benzene rings is 1. The molecule has 0 aromatic heterocycles. The van der Waals surface area contributed by atoms with Crippen LogP contribution >= 0.6 is 0 Å². The zero-order chi connectivity index (χ0) is 15.2. The summed E-state index contributed by atoms with van der Waals surface area (Å²) in [5, 5.41) is 2.78. The van der Waals surface area contributed by atoms with Gasteiger partial charge in [-0.1, -0.05) is 6.07 Å². The highest BCUT2D eigenvalue weighted by atomic mass is 16.5. The van der Waals surface area contributed by atoms with Crippen molar-refractivity contribution in [2.45, 2.75) is 51.3 Å². The number of nitrogens with one attached hydrogen (secondary N) is 1. The number of hydrogen-bond acceptors (Lipinski definition) is 4. The molecule has 0 heterocycles. The zero-order valence-corrected chi connectivity index (χ0v) is 12.7. The second-order valence-corrected chi connectivity index (χ2v) is 5.52. The van der Waals surface area contributed by atoms with E-state index < -0.39 is 6.04 Å². The first-order valence-corrected chi connectivity index (χ1v) is 7.47. The third kappa shape index (κ3) is 4.36. The molecule has 2 rings (SSSR count). The maximum Gasteiger partial charge on any atom is 0.236 e. The minimum Gasteiger partial charge on any atom is -0.493 e. The third-order valence-electron chi connectivity index (χ3n) is 3.70. The van der Waals surface area contributed by atoms with Crippen molar-refractivity contribution in [1.82, 2.24) is 5.32 Å². The van der Waals surface area contributed by atoms with Gasteiger partial charge >= 0.3 is 0 Å². The van der Waals surface area contributed by atoms with Crippen molar-refractivity contribution in [3.05, 3.63) is 23.8 Å². The molecule has 1 fully saturated rings. The Morgan fingerprint density at radius 1 is 1.38 bits per heavy atom. The molecule has 0 saturated heterocycles. The monoisotopic (exact) mass is 292 g/mol. The minimum absolute atomic E-state index is 0.166. The fourth-order valence-corrected chi connectivity index (χ4v) is 2.46. The second kappa shape index (κ2) is 7.31. The van der Waals surface area contributed by atoms with E-state index in [0.29, 0.717) is 18.4 Å². The molecule has 1 aliphatic rings. The van der Waals surface area contributed by atoms with Gasteiger partial charge in [0, 0.05) is 6.54 Å². The van der Waals surface area contributed by atoms with Crippen LogP contribution in [-0.4, -0.2) is 25.2 Å². The topological polar surface area (TPSA) is 73.6 Å². The molecule has 0 bridgehead atoms. The van der Waals surface area contributed by atoms with Gasteiger partial charge in [-0.25, -0.2) is 0 Å². The predicted molar refractivity (Wildman–Crippen MR) is 81.4 cm³/mol. The Balaban J connectivity index is 1.99. The molecule has 0 unspecified atom stereocenters. The summed E-state index contributed by atoms with van der Waals surface area (Å²) in [5.41, 5.74) is 6.47. The van der Waals surface area contributed by atoms with Crippen LogP contribution in [0.2, 0.25) is 0 Å². The van der Waals surface area contributed by atoms with Gasteiger partial charge in [-0.3, -0.25) is 4.79 Å². The molecule has 1 aliphatic carbocycles. The average molecular weight is 292 g/mol. The highest BCUT2D eigenvalue weighted by Crippen LogP contribution is 2.32. The van der Waals surface area contributed by atoms with Gasteiger partial charge in [-0.05, 0) is 50.3 Å². The number of amides is 1. The lowest BCUT2D eigenvalue weighted by molar-refractivity contribution is -0.122. The van der Waals surface area contributed by atoms with Crippen LogP contribution < -0.4 is 20.5 Å². The predicted octanol–water partition coefficient (Wildman–Crippen LogP) is 1.98. The van der Waals surface area contributed by atoms with Gasteiger partial charge in [0.05, 0.1) is 19.3 Å². The Kier molecular flexibility index (Phi) is 5.44. The summed E-state index contributed by atoms with van der Waals surface area (Å²) in [7, 11) is 1.63. The first-order chi connectivity index (χ1) is 10.1. The molecule has 5 heteroatoms. The maximum absolute atomic E-state index is 11.5. The van der Waals surface area contributed by atoms with Crippen LogP contribution in [0.3, 0.4) is 0 Å². The van der Waals surface area contributed by atoms with Crippen molar-refractivity contribution in [3.8, 4) is 11.5 Å². The zero-order valence-electron chi connectivity index (χ0n) is 12.7. The molecule has 1 aromatic rings. The Morgan fingerprint density at radius 2 is 2.10 bits per heavy atom. The summed E-state index contributed by atoms with van der Waals surface area (Å²) in [6.45, 7) is 2.09. The van der Waals surface area contributed by atoms with E-state index in [1.807, 2.05) is 18.2 Å². The van der Waals surface area contributed by atoms with Crippen molar-refractivity contribution < 1.29 is 14.3 Å². The number of carbonyl (C=O) groups excluding carboxylic acids is 1. The van der Waals surface area contributed by atoms with Crippen LogP contribution in [-0.2, 0) is 11.3 Å². The smallest absolute Gasteiger partial charge is 0.236 e. The lowest BCUT2D eigenvalue weighted by atomic mass is 10.2. The summed E-state index contributed by atoms with van der Waals surface area (Å²) in [4.78, 5) is 11.5. The number of hydrogen-bond donors (Lipinski definition) is 2. The quantitative estimate of drug-likeness (QED) is 0.841. The molecule has 1 amide bonds. The lowest BCUT2D eigenvalue weighted by Crippen LogP contribution is -2.37. The molecule has 1 aromatic carbocycles. The normalized spacial score (nSPS) is 16.5. The first kappa shape index (κ1) is 15.6. The van der Waals surface area contributed by atoms with Crippen molar-refractivity contribution in [2.24, 2.45) is 5.73 Å². The van der Waals surface area contributed by atoms with Crippen molar-refractivity contribution >= 4 is 5.91 Å². The Morgan fingerprint density at radius 3 is 2.71 bits per heavy atom. The molecule has 21 heavy (non-hydrogen) atoms. The molecular weight excluding hydrogens is 268 g/mol. The van der Waals surface area contributed by atoms with Crippen molar-refractivity contribution in [2.75, 3.05) is 7.11 Å². The molecule has 5 nitrogen and oxygen atoms in total. The lowest BCUT2D eigenvalue weighted by Gasteiger charge is -2.17. The van der Waals surface area contributed by atoms with Gasteiger partial charge in [0.2, 0.25) is 5.91 Å². The summed E-state index contributed by atoms with van der Waals surface area (Å²) < 4.78 is 11.4. The van der Waals surface area contributed by atoms with Crippen LogP contribution in [0.25, 0.3) is 0 Å². The molecule has 0 radical (unpaired) electrons. The molecule has 1 atom stereocenters. The van der Waals surface area contributed by atoms with E-state index in [-0.39, 0.29) is 5.91 Å². The molecule has 116 valence electrons. The SMILES string of the molecule is COc1cc(CNC(=O)[C@@H](C)N)ccc1OC1CCCC1. The van der Waals surface area contributed by atoms with Gasteiger partial charge in [-0.2, -0.15) is 0 Å². The van der Waals surface area contributed by atoms with Crippen LogP contribution in [0.4, 0.5) is 0 Å². The number of nitrogens with two attached hydrogens (primary N) is 1. The van der Waals surface area contributed by atoms with E-state index in [0.717, 1.165) is 24.2 Å². The summed E-state index contributed by atoms with van der Waals surface area (Å²) in [5.74, 6) is 1.31. The largest absolute Gasteiger partial charge is 0.493 e. The summed E-state index contributed by atoms with van der Waals surface area (Å²) >= 11 is 0. The van der Waals surface area contributed by atoms with Gasteiger partial charge < -0.3 is 20.5 Å². The van der Waals surface area contributed by atoms with E-state index >= 15 is 0 Å². The highest BCUT2D eigenvalue weighted by molar-refractivity contribution is 5.80. The number of ether oxygens (including phenoxy) is 2. The van der Waals surface area contributed by atoms with Crippen molar-refractivity contribution in [3.63, 3.8) is 0 Å². The van der Waals surface area contributed by atoms with E-state index in [9.17, 15) is 4.79 Å². The summed E-state index contributed by atoms with van der Waals surface area (Å²) in [6, 6.07) is 5.24. The van der Waals surface area contributed by atoms with Crippen LogP contribution in [0, 0.1) is 0 Å². The molecule has 0 aliphatic heterocycles. The number of rotatable bonds is 6. The highest BCUT2D eigenvalue weighted by Gasteiger charge is 2.18. The van der Waals surface area contributed by atoms with Crippen LogP contribution in [0.1, 0.15) is 38.2 Å². The molecule has 1 saturated carbocycles. The molecule has 3 N–H and O–H groups in total. The van der Waals surface area contributed by atoms with E-state index in [1.54, 1.807) is 14.0 Å². The van der Waals surface area contributed by atoms with Crippen molar-refractivity contribution in [1.29, 1.82) is 0 Å². The Bertz CT molecular complexity index is 482. The van der Waals surface area contributed by atoms with Gasteiger partial charge in [-0.15, -0.1) is 0 Å². The van der Waals surface area contributed by atoms with Crippen LogP contribution in [0.5, 0.6) is 11.5 Å². The Hall–Kier alpha value is -1.75. The second-order valence-electron chi connectivity index (χ2n) is 5.52. The average Bonchev–Trinajstić information content (AvgIpc) is 2.98. The minimum atomic E-state index is -0.503. The molecular formula is C16H24N2O3. The maximum atomic E-state index is 11.5. The van der Waals surface area contributed by atoms with Gasteiger partial charge in [0.25, 0.3) is 0 Å². The van der Waals surface area contributed by atoms with E-state index in [4.69, 9.17) is 15.2 Å². The van der Waals surface area contributed by atoms with Crippen LogP contribution in [0.15, 0.2) is 18.2 Å². The third-order valence-corrected chi connectivity index (χ3v) is 3.70. The Labute approximate surface area is 125 Å². The number of methoxy groups -OCH3 is 1. The standard InChI is InChI=1S/C16H24N2O3/c1-11(17)16(19)18-10-12-7-8-14(15(9-12)20-2)21-13-5-3-4-6-13/h7-9,11,13H,3-6,10,17H2,1-2H3,(H,18,19)/t11-/m1/s1. The van der Waals surface area contributed by atoms with E-state index in [1.165, 1.54) is 12.8 Å². The first-order valence-electron chi connectivity index (χ1n) is 7.47. The molecule has 0 spiro atoms.